The van der Waals surface area contributed by atoms with Crippen LogP contribution in [0.5, 0.6) is 0 Å². The topological polar surface area (TPSA) is 74.6 Å². The molecule has 0 bridgehead atoms. The van der Waals surface area contributed by atoms with Crippen LogP contribution in [0.25, 0.3) is 12.2 Å². The van der Waals surface area contributed by atoms with Crippen LogP contribution in [0.3, 0.4) is 0 Å². The summed E-state index contributed by atoms with van der Waals surface area (Å²) in [6.45, 7) is 0. The second kappa shape index (κ2) is 7.81. The van der Waals surface area contributed by atoms with Gasteiger partial charge in [0, 0.05) is 10.0 Å². The van der Waals surface area contributed by atoms with Crippen molar-refractivity contribution in [2.24, 2.45) is 0 Å². The minimum absolute atomic E-state index is 0.334. The van der Waals surface area contributed by atoms with Crippen LogP contribution in [-0.2, 0) is 9.59 Å². The van der Waals surface area contributed by atoms with E-state index in [2.05, 4.69) is 0 Å². The van der Waals surface area contributed by atoms with Crippen molar-refractivity contribution in [2.75, 3.05) is 0 Å². The van der Waals surface area contributed by atoms with Crippen LogP contribution < -0.4 is 0 Å². The van der Waals surface area contributed by atoms with E-state index >= 15 is 0 Å². The van der Waals surface area contributed by atoms with Gasteiger partial charge in [-0.15, -0.1) is 0 Å². The van der Waals surface area contributed by atoms with Crippen LogP contribution in [-0.4, -0.2) is 22.2 Å². The third-order valence-electron chi connectivity index (χ3n) is 3.11. The van der Waals surface area contributed by atoms with Gasteiger partial charge in [-0.2, -0.15) is 0 Å². The predicted octanol–water partition coefficient (Wildman–Crippen LogP) is 4.63. The summed E-state index contributed by atoms with van der Waals surface area (Å²) in [4.78, 5) is 23.1. The minimum atomic E-state index is -1.34. The number of carbonyl (C=O) groups is 2. The zero-order valence-electron chi connectivity index (χ0n) is 12.2. The highest BCUT2D eigenvalue weighted by Crippen LogP contribution is 2.21. The Balaban J connectivity index is 2.52. The average molecular weight is 363 g/mol. The molecule has 0 aromatic heterocycles. The maximum absolute atomic E-state index is 11.5. The summed E-state index contributed by atoms with van der Waals surface area (Å²) in [6.07, 6.45) is 2.57. The van der Waals surface area contributed by atoms with Gasteiger partial charge in [-0.1, -0.05) is 47.5 Å². The first-order chi connectivity index (χ1) is 11.4. The standard InChI is InChI=1S/C18H12Cl2O4/c19-13-5-1-11(2-6-13)9-15(17(21)22)16(18(23)24)10-12-3-7-14(20)8-4-12/h1-10H,(H,21,22)(H,23,24). The van der Waals surface area contributed by atoms with Crippen molar-refractivity contribution in [3.05, 3.63) is 80.8 Å². The predicted molar refractivity (Wildman–Crippen MR) is 94.1 cm³/mol. The van der Waals surface area contributed by atoms with Gasteiger partial charge in [0.2, 0.25) is 0 Å². The van der Waals surface area contributed by atoms with Gasteiger partial charge in [-0.05, 0) is 47.5 Å². The molecule has 0 aliphatic rings. The van der Waals surface area contributed by atoms with Crippen LogP contribution in [0.2, 0.25) is 10.0 Å². The van der Waals surface area contributed by atoms with Crippen LogP contribution >= 0.6 is 23.2 Å². The molecule has 0 saturated heterocycles. The normalized spacial score (nSPS) is 12.1. The van der Waals surface area contributed by atoms with E-state index in [9.17, 15) is 19.8 Å². The Hall–Kier alpha value is -2.56. The quantitative estimate of drug-likeness (QED) is 0.600. The molecule has 0 radical (unpaired) electrons. The third-order valence-corrected chi connectivity index (χ3v) is 3.62. The molecule has 0 unspecified atom stereocenters. The summed E-state index contributed by atoms with van der Waals surface area (Å²) < 4.78 is 0. The Morgan fingerprint density at radius 3 is 1.21 bits per heavy atom. The molecule has 0 aliphatic heterocycles. The van der Waals surface area contributed by atoms with Crippen molar-refractivity contribution >= 4 is 47.3 Å². The highest BCUT2D eigenvalue weighted by Gasteiger charge is 2.20. The molecule has 2 rings (SSSR count). The molecule has 2 N–H and O–H groups in total. The van der Waals surface area contributed by atoms with Gasteiger partial charge in [0.05, 0.1) is 11.1 Å². The lowest BCUT2D eigenvalue weighted by Gasteiger charge is -2.05. The van der Waals surface area contributed by atoms with Gasteiger partial charge < -0.3 is 10.2 Å². The number of hydrogen-bond acceptors (Lipinski definition) is 2. The highest BCUT2D eigenvalue weighted by molar-refractivity contribution is 6.30. The first kappa shape index (κ1) is 17.8. The molecule has 2 aromatic carbocycles. The van der Waals surface area contributed by atoms with E-state index in [1.165, 1.54) is 12.2 Å². The maximum Gasteiger partial charge on any atom is 0.336 e. The second-order valence-corrected chi connectivity index (χ2v) is 5.70. The number of carboxylic acid groups (broad SMARTS) is 2. The number of carboxylic acids is 2. The summed E-state index contributed by atoms with van der Waals surface area (Å²) in [5, 5.41) is 19.8. The number of hydrogen-bond donors (Lipinski definition) is 2. The molecule has 6 heteroatoms. The fraction of sp³-hybridized carbons (Fsp3) is 0. The maximum atomic E-state index is 11.5. The second-order valence-electron chi connectivity index (χ2n) is 4.83. The van der Waals surface area contributed by atoms with E-state index < -0.39 is 11.9 Å². The van der Waals surface area contributed by atoms with Crippen molar-refractivity contribution in [3.63, 3.8) is 0 Å². The molecule has 0 amide bonds. The van der Waals surface area contributed by atoms with E-state index in [-0.39, 0.29) is 11.1 Å². The monoisotopic (exact) mass is 362 g/mol. The minimum Gasteiger partial charge on any atom is -0.478 e. The highest BCUT2D eigenvalue weighted by atomic mass is 35.5. The Morgan fingerprint density at radius 1 is 0.667 bits per heavy atom. The molecule has 0 spiro atoms. The largest absolute Gasteiger partial charge is 0.478 e. The SMILES string of the molecule is O=C(O)C(=Cc1ccc(Cl)cc1)C(=Cc1ccc(Cl)cc1)C(=O)O. The zero-order chi connectivity index (χ0) is 17.7. The summed E-state index contributed by atoms with van der Waals surface area (Å²) in [5.41, 5.74) is 0.389. The Morgan fingerprint density at radius 2 is 0.958 bits per heavy atom. The lowest BCUT2D eigenvalue weighted by molar-refractivity contribution is -0.136. The van der Waals surface area contributed by atoms with E-state index in [4.69, 9.17) is 23.2 Å². The van der Waals surface area contributed by atoms with Crippen LogP contribution in [0.4, 0.5) is 0 Å². The fourth-order valence-corrected chi connectivity index (χ4v) is 2.21. The summed E-state index contributed by atoms with van der Waals surface area (Å²) in [7, 11) is 0. The fourth-order valence-electron chi connectivity index (χ4n) is 1.96. The summed E-state index contributed by atoms with van der Waals surface area (Å²) >= 11 is 11.6. The molecule has 0 atom stereocenters. The summed E-state index contributed by atoms with van der Waals surface area (Å²) in [5.74, 6) is -2.68. The molecular weight excluding hydrogens is 351 g/mol. The molecule has 0 heterocycles. The zero-order valence-corrected chi connectivity index (χ0v) is 13.8. The number of aliphatic carboxylic acids is 2. The third kappa shape index (κ3) is 4.72. The van der Waals surface area contributed by atoms with Gasteiger partial charge in [0.15, 0.2) is 0 Å². The van der Waals surface area contributed by atoms with Gasteiger partial charge in [-0.25, -0.2) is 9.59 Å². The number of halogens is 2. The first-order valence-electron chi connectivity index (χ1n) is 6.78. The molecule has 4 nitrogen and oxygen atoms in total. The van der Waals surface area contributed by atoms with Crippen molar-refractivity contribution in [1.29, 1.82) is 0 Å². The van der Waals surface area contributed by atoms with Crippen LogP contribution in [0.1, 0.15) is 11.1 Å². The lowest BCUT2D eigenvalue weighted by atomic mass is 10.0. The first-order valence-corrected chi connectivity index (χ1v) is 7.54. The molecular formula is C18H12Cl2O4. The molecule has 2 aromatic rings. The Kier molecular flexibility index (Phi) is 5.79. The van der Waals surface area contributed by atoms with Gasteiger partial charge in [0.1, 0.15) is 0 Å². The molecule has 24 heavy (non-hydrogen) atoms. The van der Waals surface area contributed by atoms with Crippen LogP contribution in [0.15, 0.2) is 59.7 Å². The molecule has 0 saturated carbocycles. The van der Waals surface area contributed by atoms with Crippen molar-refractivity contribution < 1.29 is 19.8 Å². The smallest absolute Gasteiger partial charge is 0.336 e. The van der Waals surface area contributed by atoms with Crippen molar-refractivity contribution in [1.82, 2.24) is 0 Å². The number of rotatable bonds is 5. The van der Waals surface area contributed by atoms with E-state index in [1.54, 1.807) is 48.5 Å². The van der Waals surface area contributed by atoms with Gasteiger partial charge >= 0.3 is 11.9 Å². The lowest BCUT2D eigenvalue weighted by Crippen LogP contribution is -2.11. The molecule has 0 aliphatic carbocycles. The van der Waals surface area contributed by atoms with E-state index in [0.717, 1.165) is 0 Å². The van der Waals surface area contributed by atoms with Gasteiger partial charge in [0.25, 0.3) is 0 Å². The van der Waals surface area contributed by atoms with Crippen molar-refractivity contribution in [3.8, 4) is 0 Å². The molecule has 0 fully saturated rings. The summed E-state index contributed by atoms with van der Waals surface area (Å²) in [6, 6.07) is 12.8. The van der Waals surface area contributed by atoms with E-state index in [0.29, 0.717) is 21.2 Å². The Labute approximate surface area is 148 Å². The van der Waals surface area contributed by atoms with Gasteiger partial charge in [-0.3, -0.25) is 0 Å². The Bertz CT molecular complexity index is 748. The average Bonchev–Trinajstić information content (AvgIpc) is 2.54. The molecule has 122 valence electrons. The van der Waals surface area contributed by atoms with Crippen LogP contribution in [0, 0.1) is 0 Å². The van der Waals surface area contributed by atoms with Crippen molar-refractivity contribution in [2.45, 2.75) is 0 Å². The number of benzene rings is 2. The van der Waals surface area contributed by atoms with E-state index in [1.807, 2.05) is 0 Å².